The summed E-state index contributed by atoms with van der Waals surface area (Å²) in [6, 6.07) is 13.1. The molecule has 2 fully saturated rings. The first-order chi connectivity index (χ1) is 21.0. The lowest BCUT2D eigenvalue weighted by molar-refractivity contribution is -0.0130. The fourth-order valence-corrected chi connectivity index (χ4v) is 6.73. The Morgan fingerprint density at radius 3 is 2.41 bits per heavy atom. The lowest BCUT2D eigenvalue weighted by atomic mass is 9.86. The second-order valence-corrected chi connectivity index (χ2v) is 13.6. The number of nitrogens with zero attached hydrogens (tertiary/aromatic N) is 5. The van der Waals surface area contributed by atoms with Crippen LogP contribution in [-0.2, 0) is 17.6 Å². The summed E-state index contributed by atoms with van der Waals surface area (Å²) in [5.74, 6) is -0.271. The van der Waals surface area contributed by atoms with Crippen LogP contribution in [-0.4, -0.2) is 103 Å². The number of piperazine rings is 1. The molecule has 2 aliphatic heterocycles. The van der Waals surface area contributed by atoms with E-state index >= 15 is 0 Å². The number of hydrogen-bond acceptors (Lipinski definition) is 6. The van der Waals surface area contributed by atoms with Crippen molar-refractivity contribution in [2.75, 3.05) is 59.4 Å². The number of hydrogen-bond donors (Lipinski definition) is 0. The summed E-state index contributed by atoms with van der Waals surface area (Å²) in [5.41, 5.74) is 3.93. The average Bonchev–Trinajstić information content (AvgIpc) is 2.98. The maximum atomic E-state index is 13.8. The minimum absolute atomic E-state index is 0.0518. The molecule has 2 aromatic carbocycles. The van der Waals surface area contributed by atoms with E-state index in [0.29, 0.717) is 36.8 Å². The first-order valence-electron chi connectivity index (χ1n) is 16.0. The van der Waals surface area contributed by atoms with E-state index in [1.54, 1.807) is 15.9 Å². The van der Waals surface area contributed by atoms with Crippen molar-refractivity contribution in [3.63, 3.8) is 0 Å². The number of benzene rings is 2. The van der Waals surface area contributed by atoms with Crippen LogP contribution in [0.2, 0.25) is 0 Å². The third kappa shape index (κ3) is 7.77. The number of nitriles is 1. The molecule has 2 saturated heterocycles. The van der Waals surface area contributed by atoms with Crippen LogP contribution in [0.4, 0.5) is 9.18 Å². The van der Waals surface area contributed by atoms with Crippen LogP contribution in [0.25, 0.3) is 0 Å². The molecule has 2 heterocycles. The zero-order valence-electron chi connectivity index (χ0n) is 26.6. The fraction of sp³-hybridized carbons (Fsp3) is 0.571. The summed E-state index contributed by atoms with van der Waals surface area (Å²) >= 11 is 0. The molecule has 236 valence electrons. The molecular weight excluding hydrogens is 557 g/mol. The van der Waals surface area contributed by atoms with Gasteiger partial charge in [-0.2, -0.15) is 5.26 Å². The van der Waals surface area contributed by atoms with Crippen molar-refractivity contribution >= 4 is 12.0 Å². The number of likely N-dealkylation sites (N-methyl/N-ethyl adjacent to an activating group) is 1. The van der Waals surface area contributed by atoms with E-state index < -0.39 is 5.60 Å². The molecule has 2 amide bonds. The monoisotopic (exact) mass is 603 g/mol. The Hall–Kier alpha value is -3.48. The van der Waals surface area contributed by atoms with Gasteiger partial charge in [-0.25, -0.2) is 9.18 Å². The minimum atomic E-state index is -0.488. The molecule has 1 aliphatic carbocycles. The summed E-state index contributed by atoms with van der Waals surface area (Å²) in [4.78, 5) is 34.7. The van der Waals surface area contributed by atoms with Crippen molar-refractivity contribution in [2.45, 2.75) is 70.4 Å². The van der Waals surface area contributed by atoms with Crippen LogP contribution >= 0.6 is 0 Å². The summed E-state index contributed by atoms with van der Waals surface area (Å²) in [5, 5.41) is 9.59. The quantitative estimate of drug-likeness (QED) is 0.420. The molecule has 0 spiro atoms. The van der Waals surface area contributed by atoms with E-state index in [0.717, 1.165) is 81.5 Å². The minimum Gasteiger partial charge on any atom is -0.444 e. The second-order valence-electron chi connectivity index (χ2n) is 13.6. The smallest absolute Gasteiger partial charge is 0.410 e. The number of rotatable bonds is 8. The van der Waals surface area contributed by atoms with E-state index in [-0.39, 0.29) is 23.7 Å². The van der Waals surface area contributed by atoms with Gasteiger partial charge < -0.3 is 19.4 Å². The molecule has 2 aromatic rings. The van der Waals surface area contributed by atoms with Gasteiger partial charge in [0, 0.05) is 70.4 Å². The average molecular weight is 604 g/mol. The predicted octanol–water partition coefficient (Wildman–Crippen LogP) is 5.06. The van der Waals surface area contributed by atoms with Gasteiger partial charge in [0.1, 0.15) is 11.4 Å². The lowest BCUT2D eigenvalue weighted by Crippen LogP contribution is -2.63. The van der Waals surface area contributed by atoms with Gasteiger partial charge in [0.25, 0.3) is 5.91 Å². The van der Waals surface area contributed by atoms with Crippen LogP contribution in [0.5, 0.6) is 0 Å². The Balaban J connectivity index is 1.17. The molecule has 8 nitrogen and oxygen atoms in total. The van der Waals surface area contributed by atoms with E-state index in [1.807, 2.05) is 46.0 Å². The van der Waals surface area contributed by atoms with Crippen molar-refractivity contribution in [3.8, 4) is 6.07 Å². The van der Waals surface area contributed by atoms with Crippen LogP contribution in [0.1, 0.15) is 78.6 Å². The number of carbonyl (C=O) groups excluding carboxylic acids is 2. The molecule has 44 heavy (non-hydrogen) atoms. The molecule has 3 aliphatic rings. The highest BCUT2D eigenvalue weighted by atomic mass is 19.1. The van der Waals surface area contributed by atoms with Gasteiger partial charge in [0.15, 0.2) is 0 Å². The van der Waals surface area contributed by atoms with Crippen molar-refractivity contribution in [1.29, 1.82) is 5.26 Å². The molecule has 0 radical (unpaired) electrons. The van der Waals surface area contributed by atoms with E-state index in [4.69, 9.17) is 4.74 Å². The molecule has 0 unspecified atom stereocenters. The number of fused-ring (bicyclic) bond motifs is 1. The highest BCUT2D eigenvalue weighted by Gasteiger charge is 2.35. The van der Waals surface area contributed by atoms with Crippen LogP contribution in [0.3, 0.4) is 0 Å². The number of aryl methyl sites for hydroxylation is 1. The highest BCUT2D eigenvalue weighted by molar-refractivity contribution is 5.96. The zero-order valence-corrected chi connectivity index (χ0v) is 26.6. The van der Waals surface area contributed by atoms with Gasteiger partial charge in [-0.05, 0) is 100 Å². The van der Waals surface area contributed by atoms with Crippen molar-refractivity contribution in [3.05, 3.63) is 70.0 Å². The Labute approximate surface area is 261 Å². The Kier molecular flexibility index (Phi) is 9.91. The number of likely N-dealkylation sites (tertiary alicyclic amines) is 1. The van der Waals surface area contributed by atoms with Gasteiger partial charge in [-0.15, -0.1) is 0 Å². The largest absolute Gasteiger partial charge is 0.444 e. The fourth-order valence-electron chi connectivity index (χ4n) is 6.73. The van der Waals surface area contributed by atoms with Gasteiger partial charge in [0.2, 0.25) is 0 Å². The molecule has 9 heteroatoms. The summed E-state index contributed by atoms with van der Waals surface area (Å²) < 4.78 is 19.3. The first kappa shape index (κ1) is 31.9. The normalized spacial score (nSPS) is 18.6. The summed E-state index contributed by atoms with van der Waals surface area (Å²) in [6.45, 7) is 12.1. The molecule has 0 bridgehead atoms. The van der Waals surface area contributed by atoms with Gasteiger partial charge >= 0.3 is 6.09 Å². The van der Waals surface area contributed by atoms with E-state index in [1.165, 1.54) is 12.1 Å². The standard InChI is InChI=1S/C35H46FN5O3/c1-35(2,3)44-34(43)41-17-15-40(16-18-41)30-23-39(24-30)14-13-28(26-9-11-29(36)12-10-26)22-38(4)33(42)32-20-25(21-37)19-27-7-5-6-8-31(27)32/h9-12,19-20,28,30H,5-8,13-18,22-24H2,1-4H3/t28-/m1/s1. The van der Waals surface area contributed by atoms with Gasteiger partial charge in [-0.1, -0.05) is 12.1 Å². The lowest BCUT2D eigenvalue weighted by Gasteiger charge is -2.48. The van der Waals surface area contributed by atoms with Crippen LogP contribution < -0.4 is 0 Å². The molecule has 0 aromatic heterocycles. The van der Waals surface area contributed by atoms with E-state index in [9.17, 15) is 19.2 Å². The van der Waals surface area contributed by atoms with Crippen molar-refractivity contribution in [2.24, 2.45) is 0 Å². The van der Waals surface area contributed by atoms with Crippen LogP contribution in [0.15, 0.2) is 36.4 Å². The third-order valence-corrected chi connectivity index (χ3v) is 9.22. The first-order valence-corrected chi connectivity index (χ1v) is 16.0. The summed E-state index contributed by atoms with van der Waals surface area (Å²) in [6.07, 6.45) is 4.51. The summed E-state index contributed by atoms with van der Waals surface area (Å²) in [7, 11) is 1.84. The van der Waals surface area contributed by atoms with Crippen LogP contribution in [0, 0.1) is 17.1 Å². The second kappa shape index (κ2) is 13.7. The number of carbonyl (C=O) groups is 2. The predicted molar refractivity (Wildman–Crippen MR) is 168 cm³/mol. The van der Waals surface area contributed by atoms with Gasteiger partial charge in [0.05, 0.1) is 11.6 Å². The Morgan fingerprint density at radius 2 is 1.75 bits per heavy atom. The molecule has 5 rings (SSSR count). The Morgan fingerprint density at radius 1 is 1.07 bits per heavy atom. The number of halogens is 1. The molecule has 0 N–H and O–H groups in total. The van der Waals surface area contributed by atoms with Crippen molar-refractivity contribution in [1.82, 2.24) is 19.6 Å². The molecule has 1 atom stereocenters. The highest BCUT2D eigenvalue weighted by Crippen LogP contribution is 2.29. The Bertz CT molecular complexity index is 1370. The topological polar surface area (TPSA) is 80.1 Å². The number of ether oxygens (including phenoxy) is 1. The zero-order chi connectivity index (χ0) is 31.4. The molecular formula is C35H46FN5O3. The van der Waals surface area contributed by atoms with E-state index in [2.05, 4.69) is 15.9 Å². The third-order valence-electron chi connectivity index (χ3n) is 9.22. The maximum Gasteiger partial charge on any atom is 0.410 e. The van der Waals surface area contributed by atoms with Crippen molar-refractivity contribution < 1.29 is 18.7 Å². The maximum absolute atomic E-state index is 13.8. The van der Waals surface area contributed by atoms with Gasteiger partial charge in [-0.3, -0.25) is 9.69 Å². The number of amides is 2. The SMILES string of the molecule is CN(C[C@@H](CCN1CC(N2CCN(C(=O)OC(C)(C)C)CC2)C1)c1ccc(F)cc1)C(=O)c1cc(C#N)cc2c1CCCC2. The molecule has 0 saturated carbocycles.